The van der Waals surface area contributed by atoms with Crippen LogP contribution in [-0.2, 0) is 9.59 Å². The molecule has 0 aliphatic carbocycles. The predicted octanol–water partition coefficient (Wildman–Crippen LogP) is 1.15. The molecule has 0 saturated heterocycles. The summed E-state index contributed by atoms with van der Waals surface area (Å²) in [6.45, 7) is -0.136. The number of rotatable bonds is 6. The molecular weight excluding hydrogens is 248 g/mol. The third-order valence-corrected chi connectivity index (χ3v) is 2.21. The number of benzene rings is 1. The van der Waals surface area contributed by atoms with Gasteiger partial charge in [-0.3, -0.25) is 9.59 Å². The van der Waals surface area contributed by atoms with Crippen LogP contribution in [0.4, 0.5) is 8.78 Å². The summed E-state index contributed by atoms with van der Waals surface area (Å²) in [5.41, 5.74) is -0.241. The maximum absolute atomic E-state index is 13.4. The minimum Gasteiger partial charge on any atom is -0.481 e. The van der Waals surface area contributed by atoms with Crippen LogP contribution in [0.1, 0.15) is 18.0 Å². The second kappa shape index (κ2) is 6.06. The van der Waals surface area contributed by atoms with Gasteiger partial charge in [0, 0.05) is 18.2 Å². The van der Waals surface area contributed by atoms with Crippen molar-refractivity contribution in [3.63, 3.8) is 0 Å². The van der Waals surface area contributed by atoms with Gasteiger partial charge >= 0.3 is 11.9 Å². The van der Waals surface area contributed by atoms with E-state index < -0.39 is 29.6 Å². The molecule has 1 rings (SSSR count). The molecule has 0 heterocycles. The highest BCUT2D eigenvalue weighted by molar-refractivity contribution is 5.75. The average molecular weight is 259 g/mol. The van der Waals surface area contributed by atoms with Crippen LogP contribution < -0.4 is 5.32 Å². The molecule has 1 aromatic rings. The van der Waals surface area contributed by atoms with E-state index in [0.717, 1.165) is 12.1 Å². The Kier molecular flexibility index (Phi) is 4.73. The van der Waals surface area contributed by atoms with Crippen LogP contribution in [0.5, 0.6) is 0 Å². The fourth-order valence-corrected chi connectivity index (χ4v) is 1.39. The van der Waals surface area contributed by atoms with Crippen LogP contribution in [-0.4, -0.2) is 28.7 Å². The lowest BCUT2D eigenvalue weighted by molar-refractivity contribution is -0.141. The Morgan fingerprint density at radius 1 is 1.28 bits per heavy atom. The summed E-state index contributed by atoms with van der Waals surface area (Å²) in [6.07, 6.45) is -0.299. The Morgan fingerprint density at radius 2 is 1.94 bits per heavy atom. The quantitative estimate of drug-likeness (QED) is 0.713. The summed E-state index contributed by atoms with van der Waals surface area (Å²) in [5, 5.41) is 19.7. The van der Waals surface area contributed by atoms with E-state index in [0.29, 0.717) is 6.07 Å². The Morgan fingerprint density at radius 3 is 2.44 bits per heavy atom. The van der Waals surface area contributed by atoms with Crippen molar-refractivity contribution >= 4 is 11.9 Å². The van der Waals surface area contributed by atoms with E-state index in [1.165, 1.54) is 0 Å². The largest absolute Gasteiger partial charge is 0.481 e. The Hall–Kier alpha value is -2.02. The van der Waals surface area contributed by atoms with Gasteiger partial charge < -0.3 is 15.5 Å². The van der Waals surface area contributed by atoms with Crippen LogP contribution in [0.3, 0.4) is 0 Å². The number of aliphatic carboxylic acids is 2. The first-order valence-corrected chi connectivity index (χ1v) is 5.04. The zero-order valence-corrected chi connectivity index (χ0v) is 9.19. The van der Waals surface area contributed by atoms with Crippen LogP contribution in [0.2, 0.25) is 0 Å². The van der Waals surface area contributed by atoms with Gasteiger partial charge in [-0.2, -0.15) is 0 Å². The lowest BCUT2D eigenvalue weighted by atomic mass is 10.1. The van der Waals surface area contributed by atoms with Gasteiger partial charge in [-0.1, -0.05) is 6.07 Å². The summed E-state index contributed by atoms with van der Waals surface area (Å²) in [7, 11) is 0. The topological polar surface area (TPSA) is 86.6 Å². The predicted molar refractivity (Wildman–Crippen MR) is 57.0 cm³/mol. The van der Waals surface area contributed by atoms with Crippen molar-refractivity contribution in [3.8, 4) is 0 Å². The SMILES string of the molecule is O=C(O)CCNC(C(=O)O)c1ccc(F)cc1F. The van der Waals surface area contributed by atoms with Gasteiger partial charge in [-0.15, -0.1) is 0 Å². The molecule has 0 aliphatic rings. The summed E-state index contributed by atoms with van der Waals surface area (Å²) < 4.78 is 26.1. The van der Waals surface area contributed by atoms with Crippen molar-refractivity contribution in [1.82, 2.24) is 5.32 Å². The van der Waals surface area contributed by atoms with Gasteiger partial charge in [0.2, 0.25) is 0 Å². The first-order chi connectivity index (χ1) is 8.41. The first kappa shape index (κ1) is 14.0. The normalized spacial score (nSPS) is 12.1. The zero-order chi connectivity index (χ0) is 13.7. The highest BCUT2D eigenvalue weighted by Gasteiger charge is 2.22. The molecule has 18 heavy (non-hydrogen) atoms. The number of nitrogens with one attached hydrogen (secondary N) is 1. The van der Waals surface area contributed by atoms with Crippen LogP contribution >= 0.6 is 0 Å². The van der Waals surface area contributed by atoms with Crippen LogP contribution in [0.15, 0.2) is 18.2 Å². The zero-order valence-electron chi connectivity index (χ0n) is 9.19. The first-order valence-electron chi connectivity index (χ1n) is 5.04. The third-order valence-electron chi connectivity index (χ3n) is 2.21. The van der Waals surface area contributed by atoms with Crippen LogP contribution in [0, 0.1) is 11.6 Å². The van der Waals surface area contributed by atoms with Crippen molar-refractivity contribution in [1.29, 1.82) is 0 Å². The van der Waals surface area contributed by atoms with E-state index in [9.17, 15) is 18.4 Å². The van der Waals surface area contributed by atoms with Crippen molar-refractivity contribution in [2.75, 3.05) is 6.54 Å². The molecule has 1 unspecified atom stereocenters. The summed E-state index contributed by atoms with van der Waals surface area (Å²) in [5.74, 6) is -4.28. The summed E-state index contributed by atoms with van der Waals surface area (Å²) in [4.78, 5) is 21.2. The van der Waals surface area contributed by atoms with E-state index in [1.54, 1.807) is 0 Å². The number of halogens is 2. The summed E-state index contributed by atoms with van der Waals surface area (Å²) in [6, 6.07) is 1.11. The molecule has 0 spiro atoms. The lowest BCUT2D eigenvalue weighted by Crippen LogP contribution is -2.31. The smallest absolute Gasteiger partial charge is 0.325 e. The van der Waals surface area contributed by atoms with E-state index >= 15 is 0 Å². The molecule has 1 atom stereocenters. The second-order valence-corrected chi connectivity index (χ2v) is 3.53. The minimum atomic E-state index is -1.41. The molecule has 7 heteroatoms. The molecule has 5 nitrogen and oxygen atoms in total. The molecule has 3 N–H and O–H groups in total. The van der Waals surface area contributed by atoms with E-state index in [1.807, 2.05) is 0 Å². The van der Waals surface area contributed by atoms with Crippen molar-refractivity contribution in [3.05, 3.63) is 35.4 Å². The molecular formula is C11H11F2NO4. The standard InChI is InChI=1S/C11H11F2NO4/c12-6-1-2-7(8(13)5-6)10(11(17)18)14-4-3-9(15)16/h1-2,5,10,14H,3-4H2,(H,15,16)(H,17,18). The molecule has 0 saturated carbocycles. The summed E-state index contributed by atoms with van der Waals surface area (Å²) >= 11 is 0. The van der Waals surface area contributed by atoms with Gasteiger partial charge in [0.05, 0.1) is 6.42 Å². The third kappa shape index (κ3) is 3.77. The number of carboxylic acid groups (broad SMARTS) is 2. The maximum atomic E-state index is 13.4. The van der Waals surface area contributed by atoms with Crippen LogP contribution in [0.25, 0.3) is 0 Å². The second-order valence-electron chi connectivity index (χ2n) is 3.53. The highest BCUT2D eigenvalue weighted by atomic mass is 19.1. The molecule has 0 aliphatic heterocycles. The van der Waals surface area contributed by atoms with Gasteiger partial charge in [-0.25, -0.2) is 8.78 Å². The van der Waals surface area contributed by atoms with Gasteiger partial charge in [0.25, 0.3) is 0 Å². The Balaban J connectivity index is 2.84. The number of carbonyl (C=O) groups is 2. The van der Waals surface area contributed by atoms with E-state index in [-0.39, 0.29) is 18.5 Å². The lowest BCUT2D eigenvalue weighted by Gasteiger charge is -2.14. The van der Waals surface area contributed by atoms with E-state index in [4.69, 9.17) is 10.2 Å². The molecule has 1 aromatic carbocycles. The fraction of sp³-hybridized carbons (Fsp3) is 0.273. The maximum Gasteiger partial charge on any atom is 0.325 e. The van der Waals surface area contributed by atoms with Crippen molar-refractivity contribution in [2.45, 2.75) is 12.5 Å². The number of hydrogen-bond donors (Lipinski definition) is 3. The monoisotopic (exact) mass is 259 g/mol. The molecule has 0 fully saturated rings. The molecule has 98 valence electrons. The molecule has 0 aromatic heterocycles. The van der Waals surface area contributed by atoms with Gasteiger partial charge in [0.15, 0.2) is 0 Å². The Labute approximate surface area is 101 Å². The van der Waals surface area contributed by atoms with Gasteiger partial charge in [0.1, 0.15) is 17.7 Å². The minimum absolute atomic E-state index is 0.136. The Bertz CT molecular complexity index is 464. The van der Waals surface area contributed by atoms with Gasteiger partial charge in [-0.05, 0) is 6.07 Å². The average Bonchev–Trinajstić information content (AvgIpc) is 2.25. The highest BCUT2D eigenvalue weighted by Crippen LogP contribution is 2.18. The molecule has 0 radical (unpaired) electrons. The number of hydrogen-bond acceptors (Lipinski definition) is 3. The van der Waals surface area contributed by atoms with Crippen molar-refractivity contribution < 1.29 is 28.6 Å². The van der Waals surface area contributed by atoms with E-state index in [2.05, 4.69) is 5.32 Å². The number of carboxylic acids is 2. The van der Waals surface area contributed by atoms with Crippen molar-refractivity contribution in [2.24, 2.45) is 0 Å². The fourth-order valence-electron chi connectivity index (χ4n) is 1.39. The molecule has 0 amide bonds. The molecule has 0 bridgehead atoms.